The minimum Gasteiger partial charge on any atom is -0.466 e. The van der Waals surface area contributed by atoms with Gasteiger partial charge in [-0.25, -0.2) is 0 Å². The zero-order valence-corrected chi connectivity index (χ0v) is 11.5. The fraction of sp³-hybridized carbons (Fsp3) is 0.857. The Kier molecular flexibility index (Phi) is 3.93. The van der Waals surface area contributed by atoms with Gasteiger partial charge in [0, 0.05) is 12.6 Å². The summed E-state index contributed by atoms with van der Waals surface area (Å²) in [5.74, 6) is 0.555. The molecule has 2 heterocycles. The minimum atomic E-state index is -0.241. The quantitative estimate of drug-likeness (QED) is 0.721. The molecule has 0 spiro atoms. The largest absolute Gasteiger partial charge is 0.466 e. The van der Waals surface area contributed by atoms with Crippen molar-refractivity contribution in [1.29, 1.82) is 0 Å². The van der Waals surface area contributed by atoms with Crippen molar-refractivity contribution in [2.75, 3.05) is 13.2 Å². The lowest BCUT2D eigenvalue weighted by Gasteiger charge is -2.36. The number of hydrogen-bond acceptors (Lipinski definition) is 3. The van der Waals surface area contributed by atoms with Gasteiger partial charge in [-0.1, -0.05) is 13.8 Å². The molecular formula is C14H23NO3. The minimum absolute atomic E-state index is 0.159. The summed E-state index contributed by atoms with van der Waals surface area (Å²) in [6, 6.07) is 0.325. The number of carbonyl (C=O) groups is 2. The van der Waals surface area contributed by atoms with Gasteiger partial charge in [0.25, 0.3) is 0 Å². The molecule has 4 heteroatoms. The Balaban J connectivity index is 2.08. The second kappa shape index (κ2) is 5.29. The molecule has 0 aromatic rings. The molecule has 2 saturated heterocycles. The van der Waals surface area contributed by atoms with Gasteiger partial charge in [0.15, 0.2) is 0 Å². The first-order chi connectivity index (χ1) is 8.56. The molecule has 18 heavy (non-hydrogen) atoms. The highest BCUT2D eigenvalue weighted by Crippen LogP contribution is 2.40. The number of amides is 1. The number of nitrogens with zero attached hydrogens (tertiary/aromatic N) is 1. The van der Waals surface area contributed by atoms with Crippen LogP contribution in [0.1, 0.15) is 40.0 Å². The topological polar surface area (TPSA) is 46.6 Å². The number of ether oxygens (including phenoxy) is 1. The van der Waals surface area contributed by atoms with Gasteiger partial charge in [0.2, 0.25) is 5.91 Å². The molecule has 4 atom stereocenters. The zero-order chi connectivity index (χ0) is 13.3. The van der Waals surface area contributed by atoms with E-state index in [2.05, 4.69) is 13.8 Å². The summed E-state index contributed by atoms with van der Waals surface area (Å²) in [4.78, 5) is 25.9. The number of rotatable bonds is 3. The zero-order valence-electron chi connectivity index (χ0n) is 11.5. The highest BCUT2D eigenvalue weighted by atomic mass is 16.5. The Hall–Kier alpha value is -1.06. The van der Waals surface area contributed by atoms with Crippen LogP contribution in [0.15, 0.2) is 0 Å². The van der Waals surface area contributed by atoms with Crippen molar-refractivity contribution in [2.45, 2.75) is 46.1 Å². The van der Waals surface area contributed by atoms with Crippen molar-refractivity contribution in [3.05, 3.63) is 0 Å². The Morgan fingerprint density at radius 3 is 2.78 bits per heavy atom. The standard InChI is InChI=1S/C14H23NO3/c1-4-18-12(16)8-11-10(3)13-9(2)6-5-7-15(13)14(11)17/h9-11,13H,4-8H2,1-3H3. The highest BCUT2D eigenvalue weighted by Gasteiger charge is 2.49. The molecular weight excluding hydrogens is 230 g/mol. The molecule has 2 fully saturated rings. The monoisotopic (exact) mass is 253 g/mol. The second-order valence-corrected chi connectivity index (χ2v) is 5.62. The predicted molar refractivity (Wildman–Crippen MR) is 67.8 cm³/mol. The van der Waals surface area contributed by atoms with Gasteiger partial charge < -0.3 is 9.64 Å². The fourth-order valence-corrected chi connectivity index (χ4v) is 3.62. The van der Waals surface area contributed by atoms with Gasteiger partial charge in [-0.2, -0.15) is 0 Å². The van der Waals surface area contributed by atoms with Crippen LogP contribution >= 0.6 is 0 Å². The lowest BCUT2D eigenvalue weighted by Crippen LogP contribution is -2.43. The number of hydrogen-bond donors (Lipinski definition) is 0. The van der Waals surface area contributed by atoms with E-state index in [0.717, 1.165) is 13.0 Å². The third-order valence-corrected chi connectivity index (χ3v) is 4.47. The number of piperidine rings is 1. The maximum absolute atomic E-state index is 12.4. The molecule has 0 radical (unpaired) electrons. The van der Waals surface area contributed by atoms with E-state index in [0.29, 0.717) is 18.6 Å². The molecule has 2 aliphatic heterocycles. The van der Waals surface area contributed by atoms with Gasteiger partial charge in [-0.05, 0) is 31.6 Å². The molecule has 0 saturated carbocycles. The van der Waals surface area contributed by atoms with Crippen LogP contribution in [-0.2, 0) is 14.3 Å². The molecule has 1 amide bonds. The van der Waals surface area contributed by atoms with Crippen LogP contribution in [0.25, 0.3) is 0 Å². The van der Waals surface area contributed by atoms with Crippen molar-refractivity contribution < 1.29 is 14.3 Å². The maximum atomic E-state index is 12.4. The van der Waals surface area contributed by atoms with E-state index in [9.17, 15) is 9.59 Å². The molecule has 4 nitrogen and oxygen atoms in total. The Labute approximate surface area is 109 Å². The molecule has 0 aliphatic carbocycles. The first-order valence-corrected chi connectivity index (χ1v) is 7.02. The first-order valence-electron chi connectivity index (χ1n) is 7.02. The van der Waals surface area contributed by atoms with Gasteiger partial charge in [0.1, 0.15) is 0 Å². The van der Waals surface area contributed by atoms with Crippen molar-refractivity contribution in [1.82, 2.24) is 4.90 Å². The maximum Gasteiger partial charge on any atom is 0.306 e. The van der Waals surface area contributed by atoms with Gasteiger partial charge in [-0.3, -0.25) is 9.59 Å². The van der Waals surface area contributed by atoms with Crippen molar-refractivity contribution in [2.24, 2.45) is 17.8 Å². The van der Waals surface area contributed by atoms with Crippen LogP contribution in [0.5, 0.6) is 0 Å². The molecule has 0 N–H and O–H groups in total. The number of fused-ring (bicyclic) bond motifs is 1. The molecule has 2 aliphatic rings. The summed E-state index contributed by atoms with van der Waals surface area (Å²) in [6.45, 7) is 7.36. The Morgan fingerprint density at radius 2 is 2.17 bits per heavy atom. The first kappa shape index (κ1) is 13.4. The van der Waals surface area contributed by atoms with E-state index in [1.807, 2.05) is 4.90 Å². The molecule has 102 valence electrons. The average molecular weight is 253 g/mol. The lowest BCUT2D eigenvalue weighted by atomic mass is 9.81. The van der Waals surface area contributed by atoms with Crippen molar-refractivity contribution >= 4 is 11.9 Å². The number of esters is 1. The van der Waals surface area contributed by atoms with Crippen LogP contribution in [0.4, 0.5) is 0 Å². The molecule has 2 rings (SSSR count). The van der Waals surface area contributed by atoms with E-state index in [1.54, 1.807) is 6.92 Å². The summed E-state index contributed by atoms with van der Waals surface area (Å²) in [5, 5.41) is 0. The van der Waals surface area contributed by atoms with Crippen molar-refractivity contribution in [3.63, 3.8) is 0 Å². The summed E-state index contributed by atoms with van der Waals surface area (Å²) < 4.78 is 4.97. The summed E-state index contributed by atoms with van der Waals surface area (Å²) in [7, 11) is 0. The van der Waals surface area contributed by atoms with Crippen LogP contribution in [-0.4, -0.2) is 36.0 Å². The smallest absolute Gasteiger partial charge is 0.306 e. The summed E-state index contributed by atoms with van der Waals surface area (Å²) >= 11 is 0. The van der Waals surface area contributed by atoms with Crippen LogP contribution < -0.4 is 0 Å². The molecule has 0 aromatic carbocycles. The highest BCUT2D eigenvalue weighted by molar-refractivity contribution is 5.86. The lowest BCUT2D eigenvalue weighted by molar-refractivity contribution is -0.147. The van der Waals surface area contributed by atoms with E-state index in [-0.39, 0.29) is 30.1 Å². The molecule has 0 aromatic heterocycles. The Morgan fingerprint density at radius 1 is 1.44 bits per heavy atom. The normalized spacial score (nSPS) is 35.5. The molecule has 0 bridgehead atoms. The third kappa shape index (κ3) is 2.25. The predicted octanol–water partition coefficient (Wildman–Crippen LogP) is 1.83. The van der Waals surface area contributed by atoms with Crippen LogP contribution in [0.3, 0.4) is 0 Å². The fourth-order valence-electron chi connectivity index (χ4n) is 3.62. The molecule has 4 unspecified atom stereocenters. The van der Waals surface area contributed by atoms with Crippen LogP contribution in [0, 0.1) is 17.8 Å². The van der Waals surface area contributed by atoms with Gasteiger partial charge in [-0.15, -0.1) is 0 Å². The van der Waals surface area contributed by atoms with E-state index < -0.39 is 0 Å². The third-order valence-electron chi connectivity index (χ3n) is 4.47. The van der Waals surface area contributed by atoms with E-state index in [4.69, 9.17) is 4.74 Å². The Bertz CT molecular complexity index is 342. The number of carbonyl (C=O) groups excluding carboxylic acids is 2. The van der Waals surface area contributed by atoms with E-state index in [1.165, 1.54) is 6.42 Å². The summed E-state index contributed by atoms with van der Waals surface area (Å²) in [5.41, 5.74) is 0. The second-order valence-electron chi connectivity index (χ2n) is 5.62. The average Bonchev–Trinajstić information content (AvgIpc) is 2.56. The van der Waals surface area contributed by atoms with Gasteiger partial charge >= 0.3 is 5.97 Å². The van der Waals surface area contributed by atoms with E-state index >= 15 is 0 Å². The summed E-state index contributed by atoms with van der Waals surface area (Å²) in [6.07, 6.45) is 2.51. The van der Waals surface area contributed by atoms with Gasteiger partial charge in [0.05, 0.1) is 18.9 Å². The van der Waals surface area contributed by atoms with Crippen molar-refractivity contribution in [3.8, 4) is 0 Å². The van der Waals surface area contributed by atoms with Crippen LogP contribution in [0.2, 0.25) is 0 Å². The SMILES string of the molecule is CCOC(=O)CC1C(=O)N2CCCC(C)C2C1C.